The number of hydrogen-bond donors (Lipinski definition) is 2. The van der Waals surface area contributed by atoms with E-state index in [0.717, 1.165) is 16.7 Å². The maximum absolute atomic E-state index is 13.1. The standard InChI is InChI=1S/C27H22ClN3O4/c1-34-22-13-18(9-12-21(22)35-15-16-7-10-19(28)11-8-16)20-14-23(32)29-26-24(20)27(33)31-25(30-26)17-5-3-2-4-6-17/h2-13,20H,14-15H2,1H3,(H2,29,30,31,32,33)/t20-/m1/s1. The Bertz CT molecular complexity index is 1440. The van der Waals surface area contributed by atoms with Gasteiger partial charge in [-0.2, -0.15) is 0 Å². The van der Waals surface area contributed by atoms with Crippen molar-refractivity contribution in [1.82, 2.24) is 9.97 Å². The molecule has 2 N–H and O–H groups in total. The Morgan fingerprint density at radius 3 is 2.51 bits per heavy atom. The van der Waals surface area contributed by atoms with E-state index in [4.69, 9.17) is 21.1 Å². The number of anilines is 1. The largest absolute Gasteiger partial charge is 0.493 e. The summed E-state index contributed by atoms with van der Waals surface area (Å²) < 4.78 is 11.5. The fraction of sp³-hybridized carbons (Fsp3) is 0.148. The third-order valence-corrected chi connectivity index (χ3v) is 6.15. The molecule has 8 heteroatoms. The summed E-state index contributed by atoms with van der Waals surface area (Å²) in [5, 5.41) is 3.42. The molecule has 0 unspecified atom stereocenters. The number of aromatic nitrogens is 2. The smallest absolute Gasteiger partial charge is 0.257 e. The van der Waals surface area contributed by atoms with E-state index in [-0.39, 0.29) is 23.7 Å². The number of nitrogens with zero attached hydrogens (tertiary/aromatic N) is 1. The third-order valence-electron chi connectivity index (χ3n) is 5.90. The first-order chi connectivity index (χ1) is 17.0. The molecular weight excluding hydrogens is 466 g/mol. The summed E-state index contributed by atoms with van der Waals surface area (Å²) >= 11 is 5.95. The van der Waals surface area contributed by atoms with Gasteiger partial charge in [0.1, 0.15) is 18.2 Å². The van der Waals surface area contributed by atoms with Crippen LogP contribution in [0.25, 0.3) is 11.4 Å². The van der Waals surface area contributed by atoms with Crippen molar-refractivity contribution in [3.8, 4) is 22.9 Å². The summed E-state index contributed by atoms with van der Waals surface area (Å²) in [7, 11) is 1.55. The zero-order chi connectivity index (χ0) is 24.4. The maximum Gasteiger partial charge on any atom is 0.257 e. The van der Waals surface area contributed by atoms with Crippen LogP contribution in [0, 0.1) is 0 Å². The van der Waals surface area contributed by atoms with Crippen LogP contribution in [-0.2, 0) is 11.4 Å². The number of rotatable bonds is 6. The van der Waals surface area contributed by atoms with Gasteiger partial charge in [0.05, 0.1) is 12.7 Å². The maximum atomic E-state index is 13.1. The SMILES string of the molecule is COc1cc([C@H]2CC(=O)Nc3nc(-c4ccccc4)[nH]c(=O)c32)ccc1OCc1ccc(Cl)cc1. The molecule has 3 aromatic carbocycles. The molecule has 0 bridgehead atoms. The molecule has 5 rings (SSSR count). The zero-order valence-electron chi connectivity index (χ0n) is 18.9. The minimum atomic E-state index is -0.473. The fourth-order valence-corrected chi connectivity index (χ4v) is 4.28. The van der Waals surface area contributed by atoms with E-state index in [0.29, 0.717) is 34.5 Å². The molecule has 35 heavy (non-hydrogen) atoms. The second kappa shape index (κ2) is 9.64. The highest BCUT2D eigenvalue weighted by Gasteiger charge is 2.31. The van der Waals surface area contributed by atoms with E-state index in [9.17, 15) is 9.59 Å². The molecule has 0 radical (unpaired) electrons. The van der Waals surface area contributed by atoms with Crippen molar-refractivity contribution < 1.29 is 14.3 Å². The number of fused-ring (bicyclic) bond motifs is 1. The first kappa shape index (κ1) is 22.7. The van der Waals surface area contributed by atoms with Crippen LogP contribution in [0.4, 0.5) is 5.82 Å². The van der Waals surface area contributed by atoms with Crippen molar-refractivity contribution in [2.24, 2.45) is 0 Å². The van der Waals surface area contributed by atoms with E-state index < -0.39 is 5.92 Å². The number of benzene rings is 3. The number of carbonyl (C=O) groups is 1. The predicted octanol–water partition coefficient (Wildman–Crippen LogP) is 5.15. The fourth-order valence-electron chi connectivity index (χ4n) is 4.15. The van der Waals surface area contributed by atoms with Crippen molar-refractivity contribution in [1.29, 1.82) is 0 Å². The molecule has 0 fully saturated rings. The number of aromatic amines is 1. The molecule has 0 saturated heterocycles. The van der Waals surface area contributed by atoms with Gasteiger partial charge in [-0.05, 0) is 35.4 Å². The van der Waals surface area contributed by atoms with Crippen LogP contribution in [0.1, 0.15) is 29.0 Å². The third kappa shape index (κ3) is 4.76. The summed E-state index contributed by atoms with van der Waals surface area (Å²) in [4.78, 5) is 33.1. The topological polar surface area (TPSA) is 93.3 Å². The lowest BCUT2D eigenvalue weighted by Crippen LogP contribution is -2.31. The Labute approximate surface area is 206 Å². The van der Waals surface area contributed by atoms with Crippen molar-refractivity contribution in [2.75, 3.05) is 12.4 Å². The lowest BCUT2D eigenvalue weighted by Gasteiger charge is -2.25. The van der Waals surface area contributed by atoms with E-state index in [1.54, 1.807) is 31.4 Å². The Hall–Kier alpha value is -4.10. The van der Waals surface area contributed by atoms with Gasteiger partial charge in [-0.25, -0.2) is 4.98 Å². The van der Waals surface area contributed by atoms with Crippen LogP contribution >= 0.6 is 11.6 Å². The summed E-state index contributed by atoms with van der Waals surface area (Å²) in [5.74, 6) is 1.06. The number of hydrogen-bond acceptors (Lipinski definition) is 5. The average molecular weight is 488 g/mol. The van der Waals surface area contributed by atoms with Crippen LogP contribution in [-0.4, -0.2) is 23.0 Å². The normalized spacial score (nSPS) is 14.7. The Kier molecular flexibility index (Phi) is 6.25. The van der Waals surface area contributed by atoms with Gasteiger partial charge in [0.2, 0.25) is 5.91 Å². The van der Waals surface area contributed by atoms with Crippen molar-refractivity contribution >= 4 is 23.3 Å². The molecule has 176 valence electrons. The van der Waals surface area contributed by atoms with Crippen LogP contribution in [0.3, 0.4) is 0 Å². The van der Waals surface area contributed by atoms with Gasteiger partial charge >= 0.3 is 0 Å². The highest BCUT2D eigenvalue weighted by atomic mass is 35.5. The highest BCUT2D eigenvalue weighted by molar-refractivity contribution is 6.30. The average Bonchev–Trinajstić information content (AvgIpc) is 2.88. The molecule has 4 aromatic rings. The first-order valence-electron chi connectivity index (χ1n) is 11.1. The Morgan fingerprint density at radius 2 is 1.77 bits per heavy atom. The van der Waals surface area contributed by atoms with Crippen molar-refractivity contribution in [3.05, 3.63) is 105 Å². The molecule has 1 aromatic heterocycles. The monoisotopic (exact) mass is 487 g/mol. The lowest BCUT2D eigenvalue weighted by molar-refractivity contribution is -0.116. The molecule has 0 saturated carbocycles. The highest BCUT2D eigenvalue weighted by Crippen LogP contribution is 2.38. The zero-order valence-corrected chi connectivity index (χ0v) is 19.6. The number of methoxy groups -OCH3 is 1. The Balaban J connectivity index is 1.46. The van der Waals surface area contributed by atoms with Gasteiger partial charge in [0, 0.05) is 22.9 Å². The van der Waals surface area contributed by atoms with Crippen LogP contribution < -0.4 is 20.3 Å². The van der Waals surface area contributed by atoms with E-state index in [1.165, 1.54) is 0 Å². The Morgan fingerprint density at radius 1 is 1.00 bits per heavy atom. The predicted molar refractivity (Wildman–Crippen MR) is 134 cm³/mol. The molecule has 2 heterocycles. The lowest BCUT2D eigenvalue weighted by atomic mass is 9.86. The molecule has 1 aliphatic heterocycles. The van der Waals surface area contributed by atoms with Gasteiger partial charge in [-0.3, -0.25) is 9.59 Å². The minimum Gasteiger partial charge on any atom is -0.493 e. The quantitative estimate of drug-likeness (QED) is 0.392. The number of amides is 1. The van der Waals surface area contributed by atoms with E-state index in [1.807, 2.05) is 48.5 Å². The minimum absolute atomic E-state index is 0.122. The summed E-state index contributed by atoms with van der Waals surface area (Å²) in [5.41, 5.74) is 2.61. The summed E-state index contributed by atoms with van der Waals surface area (Å²) in [6.07, 6.45) is 0.122. The molecular formula is C27H22ClN3O4. The molecule has 1 atom stereocenters. The number of H-pyrrole nitrogens is 1. The summed E-state index contributed by atoms with van der Waals surface area (Å²) in [6, 6.07) is 22.1. The van der Waals surface area contributed by atoms with Crippen LogP contribution in [0.5, 0.6) is 11.5 Å². The second-order valence-corrected chi connectivity index (χ2v) is 8.61. The number of nitrogens with one attached hydrogen (secondary N) is 2. The molecule has 7 nitrogen and oxygen atoms in total. The first-order valence-corrected chi connectivity index (χ1v) is 11.4. The van der Waals surface area contributed by atoms with E-state index in [2.05, 4.69) is 15.3 Å². The van der Waals surface area contributed by atoms with Gasteiger partial charge in [0.25, 0.3) is 5.56 Å². The number of halogens is 1. The van der Waals surface area contributed by atoms with Gasteiger partial charge in [-0.15, -0.1) is 0 Å². The molecule has 0 spiro atoms. The number of carbonyl (C=O) groups excluding carboxylic acids is 1. The molecule has 1 aliphatic rings. The van der Waals surface area contributed by atoms with Crippen molar-refractivity contribution in [3.63, 3.8) is 0 Å². The number of ether oxygens (including phenoxy) is 2. The van der Waals surface area contributed by atoms with Gasteiger partial charge in [0.15, 0.2) is 11.5 Å². The van der Waals surface area contributed by atoms with E-state index >= 15 is 0 Å². The molecule has 0 aliphatic carbocycles. The van der Waals surface area contributed by atoms with Crippen LogP contribution in [0.15, 0.2) is 77.6 Å². The van der Waals surface area contributed by atoms with Gasteiger partial charge < -0.3 is 19.8 Å². The van der Waals surface area contributed by atoms with Crippen molar-refractivity contribution in [2.45, 2.75) is 18.9 Å². The molecule has 1 amide bonds. The second-order valence-electron chi connectivity index (χ2n) is 8.17. The van der Waals surface area contributed by atoms with Gasteiger partial charge in [-0.1, -0.05) is 60.1 Å². The van der Waals surface area contributed by atoms with Crippen LogP contribution in [0.2, 0.25) is 5.02 Å². The summed E-state index contributed by atoms with van der Waals surface area (Å²) in [6.45, 7) is 0.341.